The van der Waals surface area contributed by atoms with Crippen LogP contribution in [0.25, 0.3) is 0 Å². The topological polar surface area (TPSA) is 12.5 Å². The summed E-state index contributed by atoms with van der Waals surface area (Å²) < 4.78 is 0. The molecule has 0 N–H and O–H groups in total. The van der Waals surface area contributed by atoms with Gasteiger partial charge in [0, 0.05) is 13.1 Å². The van der Waals surface area contributed by atoms with Crippen LogP contribution < -0.4 is 0 Å². The maximum absolute atomic E-state index is 6.14. The average molecular weight is 183 g/mol. The smallest absolute Gasteiger partial charge is 0.0897 e. The van der Waals surface area contributed by atoms with E-state index in [1.54, 1.807) is 0 Å². The van der Waals surface area contributed by atoms with E-state index >= 15 is 0 Å². The van der Waals surface area contributed by atoms with Gasteiger partial charge in [0.2, 0.25) is 0 Å². The molecular weight excluding hydrogens is 162 g/mol. The summed E-state index contributed by atoms with van der Waals surface area (Å²) in [6.07, 6.45) is 9.10. The highest BCUT2D eigenvalue weighted by Crippen LogP contribution is 2.37. The minimum Gasteiger partial charge on any atom is -0.292 e. The maximum Gasteiger partial charge on any atom is 0.0897 e. The summed E-state index contributed by atoms with van der Waals surface area (Å²) in [5.41, 5.74) is 0.227. The van der Waals surface area contributed by atoms with Gasteiger partial charge in [-0.25, -0.2) is 0 Å². The molecule has 76 valence electrons. The third-order valence-electron chi connectivity index (χ3n) is 3.55. The first kappa shape index (κ1) is 9.47. The van der Waals surface area contributed by atoms with E-state index in [0.29, 0.717) is 0 Å². The van der Waals surface area contributed by atoms with Crippen molar-refractivity contribution in [3.8, 4) is 0 Å². The number of nitrogens with zero attached hydrogens (tertiary/aromatic N) is 1. The van der Waals surface area contributed by atoms with Crippen molar-refractivity contribution >= 4 is 0 Å². The van der Waals surface area contributed by atoms with Crippen LogP contribution in [0.5, 0.6) is 0 Å². The lowest BCUT2D eigenvalue weighted by Gasteiger charge is -2.32. The first-order valence-corrected chi connectivity index (χ1v) is 5.79. The number of rotatable bonds is 3. The Kier molecular flexibility index (Phi) is 2.89. The molecular formula is C11H21NO. The Morgan fingerprint density at radius 1 is 1.08 bits per heavy atom. The van der Waals surface area contributed by atoms with Crippen molar-refractivity contribution in [3.63, 3.8) is 0 Å². The molecule has 1 saturated heterocycles. The van der Waals surface area contributed by atoms with Crippen molar-refractivity contribution in [3.05, 3.63) is 0 Å². The molecule has 1 heterocycles. The molecule has 1 aliphatic heterocycles. The van der Waals surface area contributed by atoms with Crippen LogP contribution in [-0.4, -0.2) is 23.8 Å². The molecule has 0 spiro atoms. The fraction of sp³-hybridized carbons (Fsp3) is 1.00. The molecule has 0 aromatic carbocycles. The molecule has 2 rings (SSSR count). The molecule has 2 fully saturated rings. The Morgan fingerprint density at radius 3 is 2.23 bits per heavy atom. The lowest BCUT2D eigenvalue weighted by Crippen LogP contribution is -2.36. The van der Waals surface area contributed by atoms with E-state index < -0.39 is 0 Å². The van der Waals surface area contributed by atoms with E-state index in [0.717, 1.165) is 13.1 Å². The van der Waals surface area contributed by atoms with Crippen LogP contribution in [0.3, 0.4) is 0 Å². The highest BCUT2D eigenvalue weighted by atomic mass is 16.7. The summed E-state index contributed by atoms with van der Waals surface area (Å²) in [6, 6.07) is 0. The average Bonchev–Trinajstić information content (AvgIpc) is 2.77. The van der Waals surface area contributed by atoms with E-state index in [9.17, 15) is 0 Å². The van der Waals surface area contributed by atoms with Crippen molar-refractivity contribution in [2.24, 2.45) is 0 Å². The highest BCUT2D eigenvalue weighted by molar-refractivity contribution is 4.84. The Morgan fingerprint density at radius 2 is 1.69 bits per heavy atom. The van der Waals surface area contributed by atoms with Gasteiger partial charge in [0.15, 0.2) is 0 Å². The van der Waals surface area contributed by atoms with E-state index in [1.165, 1.54) is 44.9 Å². The summed E-state index contributed by atoms with van der Waals surface area (Å²) >= 11 is 0. The zero-order valence-electron chi connectivity index (χ0n) is 8.72. The highest BCUT2D eigenvalue weighted by Gasteiger charge is 2.35. The minimum absolute atomic E-state index is 0.227. The molecule has 2 nitrogen and oxygen atoms in total. The van der Waals surface area contributed by atoms with Gasteiger partial charge >= 0.3 is 0 Å². The Hall–Kier alpha value is -0.0800. The Balaban J connectivity index is 1.88. The number of hydrogen-bond acceptors (Lipinski definition) is 2. The zero-order chi connectivity index (χ0) is 9.15. The van der Waals surface area contributed by atoms with Crippen molar-refractivity contribution in [2.75, 3.05) is 13.1 Å². The molecule has 1 aliphatic carbocycles. The van der Waals surface area contributed by atoms with E-state index in [1.807, 2.05) is 0 Å². The largest absolute Gasteiger partial charge is 0.292 e. The molecule has 1 saturated carbocycles. The molecule has 0 atom stereocenters. The van der Waals surface area contributed by atoms with Crippen molar-refractivity contribution in [1.29, 1.82) is 0 Å². The van der Waals surface area contributed by atoms with Gasteiger partial charge in [-0.1, -0.05) is 19.8 Å². The predicted molar refractivity (Wildman–Crippen MR) is 53.4 cm³/mol. The lowest BCUT2D eigenvalue weighted by molar-refractivity contribution is -0.235. The molecule has 0 amide bonds. The van der Waals surface area contributed by atoms with Gasteiger partial charge in [0.05, 0.1) is 5.60 Å². The first-order chi connectivity index (χ1) is 6.35. The summed E-state index contributed by atoms with van der Waals surface area (Å²) in [4.78, 5) is 6.14. The fourth-order valence-electron chi connectivity index (χ4n) is 2.58. The van der Waals surface area contributed by atoms with Crippen molar-refractivity contribution < 1.29 is 4.84 Å². The number of hydroxylamine groups is 2. The van der Waals surface area contributed by atoms with Crippen molar-refractivity contribution in [1.82, 2.24) is 5.06 Å². The van der Waals surface area contributed by atoms with E-state index in [4.69, 9.17) is 4.84 Å². The van der Waals surface area contributed by atoms with Crippen LogP contribution in [0.1, 0.15) is 51.9 Å². The second-order valence-electron chi connectivity index (χ2n) is 4.47. The van der Waals surface area contributed by atoms with Gasteiger partial charge in [0.1, 0.15) is 0 Å². The van der Waals surface area contributed by atoms with Gasteiger partial charge in [-0.15, -0.1) is 0 Å². The minimum atomic E-state index is 0.227. The molecule has 0 aromatic rings. The summed E-state index contributed by atoms with van der Waals surface area (Å²) in [6.45, 7) is 4.57. The fourth-order valence-corrected chi connectivity index (χ4v) is 2.58. The lowest BCUT2D eigenvalue weighted by atomic mass is 9.99. The monoisotopic (exact) mass is 183 g/mol. The van der Waals surface area contributed by atoms with Gasteiger partial charge in [0.25, 0.3) is 0 Å². The third kappa shape index (κ3) is 2.05. The van der Waals surface area contributed by atoms with Gasteiger partial charge < -0.3 is 0 Å². The van der Waals surface area contributed by atoms with Crippen LogP contribution in [0, 0.1) is 0 Å². The molecule has 0 bridgehead atoms. The van der Waals surface area contributed by atoms with Crippen LogP contribution in [0.15, 0.2) is 0 Å². The normalized spacial score (nSPS) is 28.4. The molecule has 2 aliphatic rings. The standard InChI is InChI=1S/C11H21NO/c1-2-11(7-3-4-8-11)13-12-9-5-6-10-12/h2-10H2,1H3. The Labute approximate surface area is 81.2 Å². The van der Waals surface area contributed by atoms with Crippen LogP contribution in [0.4, 0.5) is 0 Å². The second kappa shape index (κ2) is 3.97. The van der Waals surface area contributed by atoms with Gasteiger partial charge in [-0.05, 0) is 32.1 Å². The molecule has 2 heteroatoms. The molecule has 0 aromatic heterocycles. The van der Waals surface area contributed by atoms with Gasteiger partial charge in [-0.2, -0.15) is 5.06 Å². The van der Waals surface area contributed by atoms with Crippen LogP contribution >= 0.6 is 0 Å². The second-order valence-corrected chi connectivity index (χ2v) is 4.47. The molecule has 13 heavy (non-hydrogen) atoms. The van der Waals surface area contributed by atoms with E-state index in [2.05, 4.69) is 12.0 Å². The number of hydrogen-bond donors (Lipinski definition) is 0. The van der Waals surface area contributed by atoms with Crippen molar-refractivity contribution in [2.45, 2.75) is 57.5 Å². The summed E-state index contributed by atoms with van der Waals surface area (Å²) in [7, 11) is 0. The SMILES string of the molecule is CCC1(ON2CCCC2)CCCC1. The van der Waals surface area contributed by atoms with Crippen LogP contribution in [-0.2, 0) is 4.84 Å². The summed E-state index contributed by atoms with van der Waals surface area (Å²) in [5.74, 6) is 0. The van der Waals surface area contributed by atoms with Crippen LogP contribution in [0.2, 0.25) is 0 Å². The summed E-state index contributed by atoms with van der Waals surface area (Å²) in [5, 5.41) is 2.20. The molecule has 0 radical (unpaired) electrons. The molecule has 0 unspecified atom stereocenters. The van der Waals surface area contributed by atoms with Gasteiger partial charge in [-0.3, -0.25) is 4.84 Å². The zero-order valence-corrected chi connectivity index (χ0v) is 8.72. The Bertz CT molecular complexity index is 157. The maximum atomic E-state index is 6.14. The first-order valence-electron chi connectivity index (χ1n) is 5.79. The predicted octanol–water partition coefficient (Wildman–Crippen LogP) is 2.74. The third-order valence-corrected chi connectivity index (χ3v) is 3.55. The quantitative estimate of drug-likeness (QED) is 0.667. The van der Waals surface area contributed by atoms with E-state index in [-0.39, 0.29) is 5.60 Å².